The molecule has 6 heteroatoms. The number of amides is 1. The Bertz CT molecular complexity index is 412. The summed E-state index contributed by atoms with van der Waals surface area (Å²) < 4.78 is 14.1. The number of anilines is 1. The van der Waals surface area contributed by atoms with E-state index in [1.54, 1.807) is 7.05 Å². The van der Waals surface area contributed by atoms with E-state index in [-0.39, 0.29) is 24.3 Å². The fraction of sp³-hybridized carbons (Fsp3) is 0.455. The largest absolute Gasteiger partial charge is 0.352 e. The maximum absolute atomic E-state index is 13.5. The number of nitrogens with zero attached hydrogens (tertiary/aromatic N) is 2. The summed E-state index contributed by atoms with van der Waals surface area (Å²) in [5, 5.41) is 2.73. The highest BCUT2D eigenvalue weighted by atomic mass is 79.9. The number of halogens is 2. The first-order valence-electron chi connectivity index (χ1n) is 5.21. The number of nitrogens with one attached hydrogen (secondary N) is 1. The highest BCUT2D eigenvalue weighted by Gasteiger charge is 2.13. The van der Waals surface area contributed by atoms with E-state index < -0.39 is 5.82 Å². The molecular formula is C11H15BrFN3O. The van der Waals surface area contributed by atoms with E-state index in [0.717, 1.165) is 0 Å². The molecule has 0 aliphatic rings. The number of hydrogen-bond donors (Lipinski definition) is 1. The van der Waals surface area contributed by atoms with Crippen molar-refractivity contribution in [2.75, 3.05) is 18.5 Å². The van der Waals surface area contributed by atoms with E-state index >= 15 is 0 Å². The maximum atomic E-state index is 13.5. The number of pyridine rings is 1. The third-order valence-electron chi connectivity index (χ3n) is 1.98. The molecule has 0 bridgehead atoms. The first-order valence-corrected chi connectivity index (χ1v) is 6.01. The summed E-state index contributed by atoms with van der Waals surface area (Å²) in [5.41, 5.74) is 0. The summed E-state index contributed by atoms with van der Waals surface area (Å²) in [6.45, 7) is 3.82. The minimum atomic E-state index is -0.459. The van der Waals surface area contributed by atoms with Crippen LogP contribution in [0.2, 0.25) is 0 Å². The van der Waals surface area contributed by atoms with Crippen LogP contribution in [0.15, 0.2) is 16.7 Å². The van der Waals surface area contributed by atoms with Gasteiger partial charge in [-0.1, -0.05) is 0 Å². The van der Waals surface area contributed by atoms with E-state index in [4.69, 9.17) is 0 Å². The monoisotopic (exact) mass is 303 g/mol. The van der Waals surface area contributed by atoms with Crippen molar-refractivity contribution in [1.29, 1.82) is 0 Å². The third kappa shape index (κ3) is 4.30. The Labute approximate surface area is 108 Å². The van der Waals surface area contributed by atoms with Crippen molar-refractivity contribution in [2.45, 2.75) is 19.9 Å². The van der Waals surface area contributed by atoms with Gasteiger partial charge in [0.15, 0.2) is 11.6 Å². The summed E-state index contributed by atoms with van der Waals surface area (Å²) in [4.78, 5) is 16.9. The Morgan fingerprint density at radius 1 is 1.65 bits per heavy atom. The van der Waals surface area contributed by atoms with Crippen LogP contribution in [0.25, 0.3) is 0 Å². The lowest BCUT2D eigenvalue weighted by atomic mass is 10.3. The fourth-order valence-electron chi connectivity index (χ4n) is 1.35. The van der Waals surface area contributed by atoms with Crippen LogP contribution in [0.1, 0.15) is 13.8 Å². The average Bonchev–Trinajstić information content (AvgIpc) is 2.15. The number of carbonyl (C=O) groups excluding carboxylic acids is 1. The highest BCUT2D eigenvalue weighted by Crippen LogP contribution is 2.18. The van der Waals surface area contributed by atoms with Crippen molar-refractivity contribution in [3.05, 3.63) is 22.6 Å². The third-order valence-corrected chi connectivity index (χ3v) is 2.41. The molecule has 0 aliphatic heterocycles. The predicted octanol–water partition coefficient (Wildman–Crippen LogP) is 1.94. The van der Waals surface area contributed by atoms with Gasteiger partial charge in [-0.2, -0.15) is 0 Å². The molecule has 1 rings (SSSR count). The molecule has 0 spiro atoms. The number of hydrogen-bond acceptors (Lipinski definition) is 3. The summed E-state index contributed by atoms with van der Waals surface area (Å²) in [6.07, 6.45) is 1.50. The smallest absolute Gasteiger partial charge is 0.239 e. The molecule has 0 radical (unpaired) electrons. The van der Waals surface area contributed by atoms with Crippen molar-refractivity contribution in [3.63, 3.8) is 0 Å². The molecule has 4 nitrogen and oxygen atoms in total. The quantitative estimate of drug-likeness (QED) is 0.924. The lowest BCUT2D eigenvalue weighted by Crippen LogP contribution is -2.39. The molecule has 0 fully saturated rings. The molecule has 1 aromatic rings. The Balaban J connectivity index is 2.69. The summed E-state index contributed by atoms with van der Waals surface area (Å²) in [6, 6.07) is 1.39. The molecule has 1 aromatic heterocycles. The molecule has 0 saturated carbocycles. The first-order chi connectivity index (χ1) is 7.90. The van der Waals surface area contributed by atoms with E-state index in [1.165, 1.54) is 17.2 Å². The van der Waals surface area contributed by atoms with Crippen molar-refractivity contribution in [1.82, 2.24) is 10.3 Å². The predicted molar refractivity (Wildman–Crippen MR) is 68.4 cm³/mol. The molecular weight excluding hydrogens is 289 g/mol. The van der Waals surface area contributed by atoms with Crippen LogP contribution in [0.4, 0.5) is 10.2 Å². The lowest BCUT2D eigenvalue weighted by molar-refractivity contribution is -0.120. The van der Waals surface area contributed by atoms with E-state index in [9.17, 15) is 9.18 Å². The topological polar surface area (TPSA) is 45.2 Å². The zero-order chi connectivity index (χ0) is 13.0. The molecule has 1 N–H and O–H groups in total. The van der Waals surface area contributed by atoms with Gasteiger partial charge in [0, 0.05) is 23.8 Å². The summed E-state index contributed by atoms with van der Waals surface area (Å²) >= 11 is 3.13. The minimum Gasteiger partial charge on any atom is -0.352 e. The van der Waals surface area contributed by atoms with Crippen molar-refractivity contribution in [2.24, 2.45) is 0 Å². The molecule has 94 valence electrons. The normalized spacial score (nSPS) is 10.5. The van der Waals surface area contributed by atoms with Crippen molar-refractivity contribution < 1.29 is 9.18 Å². The van der Waals surface area contributed by atoms with Gasteiger partial charge >= 0.3 is 0 Å². The second-order valence-corrected chi connectivity index (χ2v) is 4.95. The molecule has 0 aromatic carbocycles. The van der Waals surface area contributed by atoms with Gasteiger partial charge in [-0.25, -0.2) is 9.37 Å². The van der Waals surface area contributed by atoms with Gasteiger partial charge in [-0.3, -0.25) is 4.79 Å². The average molecular weight is 304 g/mol. The minimum absolute atomic E-state index is 0.0682. The maximum Gasteiger partial charge on any atom is 0.239 e. The van der Waals surface area contributed by atoms with Gasteiger partial charge in [0.05, 0.1) is 6.54 Å². The number of carbonyl (C=O) groups is 1. The zero-order valence-electron chi connectivity index (χ0n) is 10.00. The molecule has 17 heavy (non-hydrogen) atoms. The highest BCUT2D eigenvalue weighted by molar-refractivity contribution is 9.10. The Hall–Kier alpha value is -1.17. The number of aromatic nitrogens is 1. The second-order valence-electron chi connectivity index (χ2n) is 4.04. The van der Waals surface area contributed by atoms with Crippen LogP contribution in [0.5, 0.6) is 0 Å². The fourth-order valence-corrected chi connectivity index (χ4v) is 1.65. The Morgan fingerprint density at radius 3 is 2.82 bits per heavy atom. The van der Waals surface area contributed by atoms with Crippen LogP contribution < -0.4 is 10.2 Å². The van der Waals surface area contributed by atoms with Gasteiger partial charge < -0.3 is 10.2 Å². The molecule has 1 amide bonds. The number of rotatable bonds is 4. The van der Waals surface area contributed by atoms with Crippen LogP contribution in [-0.4, -0.2) is 30.5 Å². The van der Waals surface area contributed by atoms with E-state index in [2.05, 4.69) is 26.2 Å². The van der Waals surface area contributed by atoms with Crippen LogP contribution >= 0.6 is 15.9 Å². The summed E-state index contributed by atoms with van der Waals surface area (Å²) in [5.74, 6) is -0.460. The molecule has 0 atom stereocenters. The lowest BCUT2D eigenvalue weighted by Gasteiger charge is -2.19. The molecule has 1 heterocycles. The Morgan fingerprint density at radius 2 is 2.29 bits per heavy atom. The van der Waals surface area contributed by atoms with Gasteiger partial charge in [-0.15, -0.1) is 0 Å². The molecule has 0 saturated heterocycles. The molecule has 0 unspecified atom stereocenters. The van der Waals surface area contributed by atoms with Crippen LogP contribution in [0.3, 0.4) is 0 Å². The summed E-state index contributed by atoms with van der Waals surface area (Å²) in [7, 11) is 1.62. The van der Waals surface area contributed by atoms with Gasteiger partial charge in [0.1, 0.15) is 0 Å². The first kappa shape index (κ1) is 13.9. The second kappa shape index (κ2) is 5.95. The van der Waals surface area contributed by atoms with Crippen molar-refractivity contribution >= 4 is 27.7 Å². The van der Waals surface area contributed by atoms with Gasteiger partial charge in [-0.05, 0) is 35.8 Å². The van der Waals surface area contributed by atoms with Gasteiger partial charge in [0.25, 0.3) is 0 Å². The van der Waals surface area contributed by atoms with Crippen LogP contribution in [0, 0.1) is 5.82 Å². The standard InChI is InChI=1S/C11H15BrFN3O/c1-7(2)15-10(17)6-16(3)11-9(13)4-8(12)5-14-11/h4-5,7H,6H2,1-3H3,(H,15,17). The SMILES string of the molecule is CC(C)NC(=O)CN(C)c1ncc(Br)cc1F. The van der Waals surface area contributed by atoms with E-state index in [0.29, 0.717) is 4.47 Å². The molecule has 0 aliphatic carbocycles. The number of likely N-dealkylation sites (N-methyl/N-ethyl adjacent to an activating group) is 1. The zero-order valence-corrected chi connectivity index (χ0v) is 11.6. The van der Waals surface area contributed by atoms with Crippen molar-refractivity contribution in [3.8, 4) is 0 Å². The van der Waals surface area contributed by atoms with E-state index in [1.807, 2.05) is 13.8 Å². The van der Waals surface area contributed by atoms with Crippen LogP contribution in [-0.2, 0) is 4.79 Å². The Kier molecular flexibility index (Phi) is 4.86. The van der Waals surface area contributed by atoms with Gasteiger partial charge in [0.2, 0.25) is 5.91 Å².